The fraction of sp³-hybridized carbons (Fsp3) is 0.400. The lowest BCUT2D eigenvalue weighted by Gasteiger charge is -2.07. The third kappa shape index (κ3) is 5.31. The highest BCUT2D eigenvalue weighted by Crippen LogP contribution is 2.30. The van der Waals surface area contributed by atoms with Crippen LogP contribution in [0.25, 0.3) is 0 Å². The van der Waals surface area contributed by atoms with E-state index < -0.39 is 0 Å². The summed E-state index contributed by atoms with van der Waals surface area (Å²) in [6, 6.07) is 4.79. The van der Waals surface area contributed by atoms with Gasteiger partial charge in [0.25, 0.3) is 0 Å². The van der Waals surface area contributed by atoms with Crippen LogP contribution in [-0.2, 0) is 9.59 Å². The molecule has 0 bridgehead atoms. The van der Waals surface area contributed by atoms with Gasteiger partial charge in [0.2, 0.25) is 11.8 Å². The zero-order valence-electron chi connectivity index (χ0n) is 12.2. The minimum atomic E-state index is -0.290. The minimum absolute atomic E-state index is 0.0583. The van der Waals surface area contributed by atoms with Crippen molar-refractivity contribution < 1.29 is 9.59 Å². The third-order valence-corrected chi connectivity index (χ3v) is 3.86. The van der Waals surface area contributed by atoms with E-state index in [0.717, 1.165) is 18.6 Å². The maximum Gasteiger partial charge on any atom is 0.240 e. The molecule has 7 heteroatoms. The summed E-state index contributed by atoms with van der Waals surface area (Å²) >= 11 is 11.7. The first kappa shape index (κ1) is 16.8. The summed E-state index contributed by atoms with van der Waals surface area (Å²) in [4.78, 5) is 23.4. The number of benzene rings is 1. The lowest BCUT2D eigenvalue weighted by Crippen LogP contribution is -2.22. The first-order chi connectivity index (χ1) is 10.5. The average Bonchev–Trinajstić information content (AvgIpc) is 3.30. The van der Waals surface area contributed by atoms with Gasteiger partial charge in [0.15, 0.2) is 0 Å². The van der Waals surface area contributed by atoms with Gasteiger partial charge in [-0.05, 0) is 43.9 Å². The summed E-state index contributed by atoms with van der Waals surface area (Å²) in [5, 5.41) is 7.51. The SMILES string of the molecule is C/C(=N\NC(=O)CCC(=O)Nc1ccc(Cl)cc1Cl)C1CC1. The van der Waals surface area contributed by atoms with E-state index >= 15 is 0 Å². The van der Waals surface area contributed by atoms with Crippen molar-refractivity contribution in [2.45, 2.75) is 32.6 Å². The van der Waals surface area contributed by atoms with Crippen LogP contribution in [0, 0.1) is 5.92 Å². The molecule has 0 spiro atoms. The molecule has 2 rings (SSSR count). The topological polar surface area (TPSA) is 70.6 Å². The Morgan fingerprint density at radius 1 is 1.23 bits per heavy atom. The highest BCUT2D eigenvalue weighted by atomic mass is 35.5. The van der Waals surface area contributed by atoms with Crippen LogP contribution in [0.2, 0.25) is 10.0 Å². The van der Waals surface area contributed by atoms with Gasteiger partial charge in [-0.15, -0.1) is 0 Å². The summed E-state index contributed by atoms with van der Waals surface area (Å²) in [7, 11) is 0. The van der Waals surface area contributed by atoms with Crippen molar-refractivity contribution in [1.82, 2.24) is 5.43 Å². The predicted octanol–water partition coefficient (Wildman–Crippen LogP) is 3.61. The molecule has 2 amide bonds. The minimum Gasteiger partial charge on any atom is -0.325 e. The number of amides is 2. The quantitative estimate of drug-likeness (QED) is 0.612. The molecule has 0 heterocycles. The molecule has 0 radical (unpaired) electrons. The van der Waals surface area contributed by atoms with Crippen LogP contribution < -0.4 is 10.7 Å². The van der Waals surface area contributed by atoms with E-state index in [4.69, 9.17) is 23.2 Å². The molecule has 1 fully saturated rings. The average molecular weight is 342 g/mol. The van der Waals surface area contributed by atoms with E-state index in [1.165, 1.54) is 0 Å². The summed E-state index contributed by atoms with van der Waals surface area (Å²) in [5.74, 6) is -0.0599. The summed E-state index contributed by atoms with van der Waals surface area (Å²) in [6.07, 6.45) is 2.40. The molecule has 1 saturated carbocycles. The standard InChI is InChI=1S/C15H17Cl2N3O2/c1-9(10-2-3-10)19-20-15(22)7-6-14(21)18-13-5-4-11(16)8-12(13)17/h4-5,8,10H,2-3,6-7H2,1H3,(H,18,21)(H,20,22)/b19-9+. The van der Waals surface area contributed by atoms with Gasteiger partial charge in [0.1, 0.15) is 0 Å². The molecule has 118 valence electrons. The van der Waals surface area contributed by atoms with Crippen LogP contribution >= 0.6 is 23.2 Å². The van der Waals surface area contributed by atoms with Gasteiger partial charge >= 0.3 is 0 Å². The largest absolute Gasteiger partial charge is 0.325 e. The molecule has 5 nitrogen and oxygen atoms in total. The maximum absolute atomic E-state index is 11.8. The molecule has 0 unspecified atom stereocenters. The van der Waals surface area contributed by atoms with Gasteiger partial charge in [-0.25, -0.2) is 5.43 Å². The van der Waals surface area contributed by atoms with Crippen LogP contribution in [0.5, 0.6) is 0 Å². The van der Waals surface area contributed by atoms with Crippen molar-refractivity contribution >= 4 is 46.4 Å². The van der Waals surface area contributed by atoms with Gasteiger partial charge in [-0.3, -0.25) is 9.59 Å². The molecule has 22 heavy (non-hydrogen) atoms. The Hall–Kier alpha value is -1.59. The molecular weight excluding hydrogens is 325 g/mol. The third-order valence-electron chi connectivity index (χ3n) is 3.31. The Balaban J connectivity index is 1.75. The number of nitrogens with zero attached hydrogens (tertiary/aromatic N) is 1. The van der Waals surface area contributed by atoms with Crippen LogP contribution in [0.15, 0.2) is 23.3 Å². The number of nitrogens with one attached hydrogen (secondary N) is 2. The number of carbonyl (C=O) groups is 2. The molecule has 1 aromatic carbocycles. The number of hydrazone groups is 1. The predicted molar refractivity (Wildman–Crippen MR) is 88.3 cm³/mol. The van der Waals surface area contributed by atoms with Crippen molar-refractivity contribution in [3.05, 3.63) is 28.2 Å². The van der Waals surface area contributed by atoms with E-state index in [1.807, 2.05) is 6.92 Å². The Kier molecular flexibility index (Phi) is 5.80. The molecule has 1 aliphatic rings. The van der Waals surface area contributed by atoms with Crippen molar-refractivity contribution in [3.8, 4) is 0 Å². The van der Waals surface area contributed by atoms with E-state index in [1.54, 1.807) is 18.2 Å². The van der Waals surface area contributed by atoms with E-state index in [0.29, 0.717) is 21.7 Å². The fourth-order valence-electron chi connectivity index (χ4n) is 1.83. The number of carbonyl (C=O) groups excluding carboxylic acids is 2. The zero-order chi connectivity index (χ0) is 16.1. The second kappa shape index (κ2) is 7.61. The lowest BCUT2D eigenvalue weighted by molar-refractivity contribution is -0.124. The number of anilines is 1. The number of rotatable bonds is 6. The van der Waals surface area contributed by atoms with Crippen LogP contribution in [-0.4, -0.2) is 17.5 Å². The molecular formula is C15H17Cl2N3O2. The summed E-state index contributed by atoms with van der Waals surface area (Å²) < 4.78 is 0. The molecule has 0 saturated heterocycles. The van der Waals surface area contributed by atoms with Crippen molar-refractivity contribution in [2.24, 2.45) is 11.0 Å². The van der Waals surface area contributed by atoms with Crippen LogP contribution in [0.3, 0.4) is 0 Å². The molecule has 1 aliphatic carbocycles. The zero-order valence-corrected chi connectivity index (χ0v) is 13.7. The first-order valence-electron chi connectivity index (χ1n) is 7.03. The highest BCUT2D eigenvalue weighted by molar-refractivity contribution is 6.36. The van der Waals surface area contributed by atoms with Gasteiger partial charge < -0.3 is 5.32 Å². The fourth-order valence-corrected chi connectivity index (χ4v) is 2.29. The van der Waals surface area contributed by atoms with Gasteiger partial charge in [-0.2, -0.15) is 5.10 Å². The van der Waals surface area contributed by atoms with Crippen LogP contribution in [0.4, 0.5) is 5.69 Å². The monoisotopic (exact) mass is 341 g/mol. The smallest absolute Gasteiger partial charge is 0.240 e. The van der Waals surface area contributed by atoms with E-state index in [-0.39, 0.29) is 24.7 Å². The summed E-state index contributed by atoms with van der Waals surface area (Å²) in [6.45, 7) is 1.90. The number of hydrogen-bond donors (Lipinski definition) is 2. The molecule has 0 aromatic heterocycles. The Morgan fingerprint density at radius 2 is 1.91 bits per heavy atom. The summed E-state index contributed by atoms with van der Waals surface area (Å²) in [5.41, 5.74) is 3.87. The van der Waals surface area contributed by atoms with E-state index in [9.17, 15) is 9.59 Å². The first-order valence-corrected chi connectivity index (χ1v) is 7.79. The lowest BCUT2D eigenvalue weighted by atomic mass is 10.2. The molecule has 2 N–H and O–H groups in total. The van der Waals surface area contributed by atoms with Gasteiger partial charge in [0.05, 0.1) is 10.7 Å². The number of hydrogen-bond acceptors (Lipinski definition) is 3. The molecule has 0 aliphatic heterocycles. The highest BCUT2D eigenvalue weighted by Gasteiger charge is 2.24. The van der Waals surface area contributed by atoms with Crippen molar-refractivity contribution in [2.75, 3.05) is 5.32 Å². The Morgan fingerprint density at radius 3 is 2.55 bits per heavy atom. The van der Waals surface area contributed by atoms with Gasteiger partial charge in [0, 0.05) is 23.6 Å². The number of halogens is 2. The second-order valence-electron chi connectivity index (χ2n) is 5.23. The van der Waals surface area contributed by atoms with Crippen LogP contribution in [0.1, 0.15) is 32.6 Å². The second-order valence-corrected chi connectivity index (χ2v) is 6.08. The maximum atomic E-state index is 11.8. The molecule has 0 atom stereocenters. The van der Waals surface area contributed by atoms with E-state index in [2.05, 4.69) is 15.8 Å². The van der Waals surface area contributed by atoms with Crippen molar-refractivity contribution in [1.29, 1.82) is 0 Å². The van der Waals surface area contributed by atoms with Crippen molar-refractivity contribution in [3.63, 3.8) is 0 Å². The molecule has 1 aromatic rings. The Labute approximate surface area is 139 Å². The van der Waals surface area contributed by atoms with Gasteiger partial charge in [-0.1, -0.05) is 23.2 Å². The Bertz CT molecular complexity index is 613. The normalized spacial score (nSPS) is 14.6.